The summed E-state index contributed by atoms with van der Waals surface area (Å²) < 4.78 is 0. The first-order valence-electron chi connectivity index (χ1n) is 5.91. The van der Waals surface area contributed by atoms with Crippen molar-refractivity contribution in [1.29, 1.82) is 0 Å². The Hall–Kier alpha value is -1.90. The van der Waals surface area contributed by atoms with Gasteiger partial charge < -0.3 is 0 Å². The maximum Gasteiger partial charge on any atom is 0.261 e. The lowest BCUT2D eigenvalue weighted by molar-refractivity contribution is 0.0575. The van der Waals surface area contributed by atoms with Gasteiger partial charge in [-0.3, -0.25) is 14.5 Å². The third kappa shape index (κ3) is 1.50. The number of carbonyl (C=O) groups is 2. The van der Waals surface area contributed by atoms with Gasteiger partial charge in [0, 0.05) is 6.04 Å². The van der Waals surface area contributed by atoms with E-state index in [2.05, 4.69) is 12.2 Å². The fraction of sp³-hybridized carbons (Fsp3) is 0.286. The van der Waals surface area contributed by atoms with Gasteiger partial charge in [-0.15, -0.1) is 0 Å². The van der Waals surface area contributed by atoms with Crippen molar-refractivity contribution < 1.29 is 9.59 Å². The number of rotatable bonds is 1. The molecule has 0 saturated carbocycles. The highest BCUT2D eigenvalue weighted by Crippen LogP contribution is 2.28. The molecule has 17 heavy (non-hydrogen) atoms. The fourth-order valence-corrected chi connectivity index (χ4v) is 2.55. The van der Waals surface area contributed by atoms with E-state index in [9.17, 15) is 9.59 Å². The van der Waals surface area contributed by atoms with Gasteiger partial charge in [-0.05, 0) is 31.4 Å². The Bertz CT molecular complexity index is 484. The van der Waals surface area contributed by atoms with Crippen molar-refractivity contribution in [3.63, 3.8) is 0 Å². The molecule has 1 heterocycles. The second-order valence-corrected chi connectivity index (χ2v) is 4.46. The van der Waals surface area contributed by atoms with Gasteiger partial charge in [0.05, 0.1) is 11.1 Å². The number of fused-ring (bicyclic) bond motifs is 1. The SMILES string of the molecule is O=C1c2ccccc2C(=O)N1[C@@H]1CC=CCC1. The van der Waals surface area contributed by atoms with Crippen LogP contribution in [-0.2, 0) is 0 Å². The zero-order chi connectivity index (χ0) is 11.8. The lowest BCUT2D eigenvalue weighted by Crippen LogP contribution is -2.40. The van der Waals surface area contributed by atoms with E-state index in [0.29, 0.717) is 11.1 Å². The van der Waals surface area contributed by atoms with Crippen LogP contribution in [-0.4, -0.2) is 22.8 Å². The quantitative estimate of drug-likeness (QED) is 0.545. The summed E-state index contributed by atoms with van der Waals surface area (Å²) in [6, 6.07) is 7.10. The average Bonchev–Trinajstić information content (AvgIpc) is 2.64. The third-order valence-corrected chi connectivity index (χ3v) is 3.43. The fourth-order valence-electron chi connectivity index (χ4n) is 2.55. The van der Waals surface area contributed by atoms with Crippen LogP contribution in [0.3, 0.4) is 0 Å². The van der Waals surface area contributed by atoms with E-state index < -0.39 is 0 Å². The molecule has 0 radical (unpaired) electrons. The molecule has 0 unspecified atom stereocenters. The number of hydrogen-bond acceptors (Lipinski definition) is 2. The van der Waals surface area contributed by atoms with Crippen molar-refractivity contribution in [1.82, 2.24) is 4.90 Å². The van der Waals surface area contributed by atoms with Crippen molar-refractivity contribution in [3.8, 4) is 0 Å². The standard InChI is InChI=1S/C14H13NO2/c16-13-11-8-4-5-9-12(11)14(17)15(13)10-6-2-1-3-7-10/h1-2,4-5,8-10H,3,6-7H2/t10-/m1/s1. The van der Waals surface area contributed by atoms with Crippen molar-refractivity contribution in [2.75, 3.05) is 0 Å². The highest BCUT2D eigenvalue weighted by Gasteiger charge is 2.39. The van der Waals surface area contributed by atoms with Gasteiger partial charge in [0.25, 0.3) is 11.8 Å². The number of carbonyl (C=O) groups excluding carboxylic acids is 2. The summed E-state index contributed by atoms with van der Waals surface area (Å²) in [7, 11) is 0. The summed E-state index contributed by atoms with van der Waals surface area (Å²) in [6.07, 6.45) is 6.76. The van der Waals surface area contributed by atoms with E-state index in [1.165, 1.54) is 4.90 Å². The first-order valence-corrected chi connectivity index (χ1v) is 5.91. The molecular formula is C14H13NO2. The molecule has 2 amide bonds. The van der Waals surface area contributed by atoms with Gasteiger partial charge in [0.1, 0.15) is 0 Å². The van der Waals surface area contributed by atoms with Crippen molar-refractivity contribution >= 4 is 11.8 Å². The van der Waals surface area contributed by atoms with Crippen LogP contribution in [0.2, 0.25) is 0 Å². The minimum Gasteiger partial charge on any atom is -0.271 e. The van der Waals surface area contributed by atoms with Gasteiger partial charge in [-0.1, -0.05) is 24.3 Å². The minimum absolute atomic E-state index is 0.0346. The van der Waals surface area contributed by atoms with Crippen LogP contribution >= 0.6 is 0 Å². The molecule has 1 aliphatic carbocycles. The van der Waals surface area contributed by atoms with Crippen LogP contribution in [0.1, 0.15) is 40.0 Å². The summed E-state index contributed by atoms with van der Waals surface area (Å²) >= 11 is 0. The Morgan fingerprint density at radius 3 is 2.18 bits per heavy atom. The van der Waals surface area contributed by atoms with Crippen LogP contribution < -0.4 is 0 Å². The Balaban J connectivity index is 1.97. The van der Waals surface area contributed by atoms with E-state index in [4.69, 9.17) is 0 Å². The van der Waals surface area contributed by atoms with E-state index in [0.717, 1.165) is 19.3 Å². The first-order chi connectivity index (χ1) is 8.29. The van der Waals surface area contributed by atoms with Crippen LogP contribution in [0.25, 0.3) is 0 Å². The zero-order valence-corrected chi connectivity index (χ0v) is 9.43. The molecule has 3 heteroatoms. The van der Waals surface area contributed by atoms with Crippen LogP contribution in [0.15, 0.2) is 36.4 Å². The number of amides is 2. The molecule has 1 aromatic carbocycles. The predicted octanol–water partition coefficient (Wildman–Crippen LogP) is 2.39. The number of imide groups is 1. The van der Waals surface area contributed by atoms with Crippen molar-refractivity contribution in [2.24, 2.45) is 0 Å². The molecule has 0 N–H and O–H groups in total. The normalized spacial score (nSPS) is 23.1. The predicted molar refractivity (Wildman–Crippen MR) is 63.7 cm³/mol. The molecule has 1 aliphatic heterocycles. The molecule has 3 nitrogen and oxygen atoms in total. The molecule has 86 valence electrons. The Labute approximate surface area is 99.7 Å². The van der Waals surface area contributed by atoms with E-state index in [1.807, 2.05) is 0 Å². The average molecular weight is 227 g/mol. The van der Waals surface area contributed by atoms with Crippen LogP contribution in [0.4, 0.5) is 0 Å². The summed E-state index contributed by atoms with van der Waals surface area (Å²) in [5.41, 5.74) is 1.10. The number of benzene rings is 1. The first kappa shape index (κ1) is 10.3. The molecule has 1 atom stereocenters. The molecule has 1 aromatic rings. The largest absolute Gasteiger partial charge is 0.271 e. The molecule has 0 fully saturated rings. The molecule has 2 aliphatic rings. The van der Waals surface area contributed by atoms with Crippen molar-refractivity contribution in [2.45, 2.75) is 25.3 Å². The molecule has 0 bridgehead atoms. The third-order valence-electron chi connectivity index (χ3n) is 3.43. The maximum atomic E-state index is 12.2. The summed E-state index contributed by atoms with van der Waals surface area (Å²) in [6.45, 7) is 0. The van der Waals surface area contributed by atoms with Gasteiger partial charge in [-0.25, -0.2) is 0 Å². The lowest BCUT2D eigenvalue weighted by atomic mass is 10.0. The van der Waals surface area contributed by atoms with E-state index in [-0.39, 0.29) is 17.9 Å². The number of allylic oxidation sites excluding steroid dienone is 1. The molecular weight excluding hydrogens is 214 g/mol. The maximum absolute atomic E-state index is 12.2. The van der Waals surface area contributed by atoms with Gasteiger partial charge >= 0.3 is 0 Å². The van der Waals surface area contributed by atoms with Gasteiger partial charge in [0.15, 0.2) is 0 Å². The number of nitrogens with zero attached hydrogens (tertiary/aromatic N) is 1. The minimum atomic E-state index is -0.133. The summed E-state index contributed by atoms with van der Waals surface area (Å²) in [5.74, 6) is -0.267. The molecule has 0 saturated heterocycles. The molecule has 0 aromatic heterocycles. The smallest absolute Gasteiger partial charge is 0.261 e. The topological polar surface area (TPSA) is 37.4 Å². The summed E-state index contributed by atoms with van der Waals surface area (Å²) in [4.78, 5) is 25.8. The van der Waals surface area contributed by atoms with Gasteiger partial charge in [0.2, 0.25) is 0 Å². The van der Waals surface area contributed by atoms with Gasteiger partial charge in [-0.2, -0.15) is 0 Å². The molecule has 3 rings (SSSR count). The number of hydrogen-bond donors (Lipinski definition) is 0. The van der Waals surface area contributed by atoms with E-state index >= 15 is 0 Å². The highest BCUT2D eigenvalue weighted by molar-refractivity contribution is 6.21. The van der Waals surface area contributed by atoms with Crippen LogP contribution in [0.5, 0.6) is 0 Å². The van der Waals surface area contributed by atoms with E-state index in [1.54, 1.807) is 24.3 Å². The highest BCUT2D eigenvalue weighted by atomic mass is 16.2. The Morgan fingerprint density at radius 2 is 1.65 bits per heavy atom. The molecule has 0 spiro atoms. The van der Waals surface area contributed by atoms with Crippen LogP contribution in [0, 0.1) is 0 Å². The Morgan fingerprint density at radius 1 is 1.00 bits per heavy atom. The monoisotopic (exact) mass is 227 g/mol. The lowest BCUT2D eigenvalue weighted by Gasteiger charge is -2.26. The zero-order valence-electron chi connectivity index (χ0n) is 9.43. The second kappa shape index (κ2) is 3.84. The second-order valence-electron chi connectivity index (χ2n) is 4.46. The summed E-state index contributed by atoms with van der Waals surface area (Å²) in [5, 5.41) is 0. The Kier molecular flexibility index (Phi) is 2.32. The van der Waals surface area contributed by atoms with Crippen molar-refractivity contribution in [3.05, 3.63) is 47.5 Å².